The predicted octanol–water partition coefficient (Wildman–Crippen LogP) is 1.24. The molecule has 2 N–H and O–H groups in total. The van der Waals surface area contributed by atoms with Gasteiger partial charge >= 0.3 is 5.97 Å². The fourth-order valence-electron chi connectivity index (χ4n) is 3.49. The van der Waals surface area contributed by atoms with E-state index in [1.165, 1.54) is 0 Å². The zero-order valence-corrected chi connectivity index (χ0v) is 10.8. The first-order valence-electron chi connectivity index (χ1n) is 6.31. The Bertz CT molecular complexity index is 329. The average molecular weight is 242 g/mol. The van der Waals surface area contributed by atoms with E-state index < -0.39 is 16.6 Å². The highest BCUT2D eigenvalue weighted by Crippen LogP contribution is 2.56. The third-order valence-corrected chi connectivity index (χ3v) is 4.58. The molecule has 0 unspecified atom stereocenters. The van der Waals surface area contributed by atoms with Gasteiger partial charge in [-0.25, -0.2) is 0 Å². The topological polar surface area (TPSA) is 66.8 Å². The van der Waals surface area contributed by atoms with Crippen LogP contribution in [0.2, 0.25) is 0 Å². The molecule has 1 saturated heterocycles. The van der Waals surface area contributed by atoms with Crippen molar-refractivity contribution in [1.82, 2.24) is 0 Å². The molecule has 1 saturated carbocycles. The van der Waals surface area contributed by atoms with Crippen LogP contribution in [0.1, 0.15) is 46.5 Å². The highest BCUT2D eigenvalue weighted by Gasteiger charge is 2.63. The molecule has 1 heterocycles. The average Bonchev–Trinajstić information content (AvgIpc) is 2.63. The van der Waals surface area contributed by atoms with Gasteiger partial charge in [0.05, 0.1) is 23.2 Å². The van der Waals surface area contributed by atoms with E-state index in [-0.39, 0.29) is 11.9 Å². The molecule has 2 fully saturated rings. The Labute approximate surface area is 102 Å². The van der Waals surface area contributed by atoms with Crippen molar-refractivity contribution in [2.75, 3.05) is 6.61 Å². The van der Waals surface area contributed by atoms with Gasteiger partial charge in [0.2, 0.25) is 0 Å². The molecule has 0 bridgehead atoms. The number of ether oxygens (including phenoxy) is 1. The molecular weight excluding hydrogens is 220 g/mol. The van der Waals surface area contributed by atoms with Crippen molar-refractivity contribution in [3.05, 3.63) is 0 Å². The second-order valence-electron chi connectivity index (χ2n) is 6.37. The number of aliphatic hydroxyl groups is 2. The molecule has 0 amide bonds. The van der Waals surface area contributed by atoms with E-state index in [4.69, 9.17) is 4.74 Å². The summed E-state index contributed by atoms with van der Waals surface area (Å²) in [5.41, 5.74) is -2.62. The summed E-state index contributed by atoms with van der Waals surface area (Å²) in [4.78, 5) is 11.9. The van der Waals surface area contributed by atoms with E-state index in [0.29, 0.717) is 25.9 Å². The SMILES string of the molecule is CC(C)(O)C[C@H]1CC[C@]2(CCOC2=O)[C@]1(C)O. The predicted molar refractivity (Wildman–Crippen MR) is 62.3 cm³/mol. The molecule has 2 rings (SSSR count). The first-order chi connectivity index (χ1) is 7.69. The van der Waals surface area contributed by atoms with Gasteiger partial charge in [-0.05, 0) is 46.0 Å². The Morgan fingerprint density at radius 2 is 2.12 bits per heavy atom. The lowest BCUT2D eigenvalue weighted by Gasteiger charge is -2.38. The van der Waals surface area contributed by atoms with Crippen LogP contribution in [0.25, 0.3) is 0 Å². The minimum Gasteiger partial charge on any atom is -0.465 e. The summed E-state index contributed by atoms with van der Waals surface area (Å²) in [5.74, 6) is -0.311. The fourth-order valence-corrected chi connectivity index (χ4v) is 3.49. The third-order valence-electron chi connectivity index (χ3n) is 4.58. The lowest BCUT2D eigenvalue weighted by atomic mass is 9.70. The summed E-state index contributed by atoms with van der Waals surface area (Å²) in [6.07, 6.45) is 2.54. The number of hydrogen-bond donors (Lipinski definition) is 2. The molecule has 1 aliphatic heterocycles. The maximum atomic E-state index is 11.9. The van der Waals surface area contributed by atoms with Crippen molar-refractivity contribution in [2.24, 2.45) is 11.3 Å². The van der Waals surface area contributed by atoms with Gasteiger partial charge in [0.1, 0.15) is 0 Å². The van der Waals surface area contributed by atoms with E-state index >= 15 is 0 Å². The summed E-state index contributed by atoms with van der Waals surface area (Å²) in [7, 11) is 0. The van der Waals surface area contributed by atoms with Crippen LogP contribution in [-0.2, 0) is 9.53 Å². The van der Waals surface area contributed by atoms with E-state index in [0.717, 1.165) is 6.42 Å². The van der Waals surface area contributed by atoms with Crippen molar-refractivity contribution in [3.63, 3.8) is 0 Å². The molecule has 0 aromatic rings. The summed E-state index contributed by atoms with van der Waals surface area (Å²) in [6, 6.07) is 0. The highest BCUT2D eigenvalue weighted by atomic mass is 16.5. The lowest BCUT2D eigenvalue weighted by molar-refractivity contribution is -0.160. The molecule has 1 aliphatic carbocycles. The lowest BCUT2D eigenvalue weighted by Crippen LogP contribution is -2.49. The molecule has 0 aromatic carbocycles. The summed E-state index contributed by atoms with van der Waals surface area (Å²) >= 11 is 0. The normalized spacial score (nSPS) is 42.2. The van der Waals surface area contributed by atoms with Crippen LogP contribution in [0.15, 0.2) is 0 Å². The Morgan fingerprint density at radius 3 is 2.59 bits per heavy atom. The molecule has 17 heavy (non-hydrogen) atoms. The zero-order chi connectivity index (χ0) is 12.9. The molecule has 1 spiro atoms. The fraction of sp³-hybridized carbons (Fsp3) is 0.923. The van der Waals surface area contributed by atoms with Crippen LogP contribution in [0.4, 0.5) is 0 Å². The molecule has 4 nitrogen and oxygen atoms in total. The number of esters is 1. The zero-order valence-electron chi connectivity index (χ0n) is 10.8. The minimum absolute atomic E-state index is 0.0480. The van der Waals surface area contributed by atoms with E-state index in [1.54, 1.807) is 20.8 Å². The summed E-state index contributed by atoms with van der Waals surface area (Å²) < 4.78 is 5.04. The quantitative estimate of drug-likeness (QED) is 0.715. The van der Waals surface area contributed by atoms with Gasteiger partial charge in [0.25, 0.3) is 0 Å². The Hall–Kier alpha value is -0.610. The maximum absolute atomic E-state index is 11.9. The molecular formula is C13H22O4. The third kappa shape index (κ3) is 1.87. The van der Waals surface area contributed by atoms with Gasteiger partial charge in [-0.3, -0.25) is 4.79 Å². The summed E-state index contributed by atoms with van der Waals surface area (Å²) in [5, 5.41) is 20.6. The molecule has 2 aliphatic rings. The van der Waals surface area contributed by atoms with Crippen LogP contribution in [0.5, 0.6) is 0 Å². The molecule has 0 aromatic heterocycles. The van der Waals surface area contributed by atoms with E-state index in [9.17, 15) is 15.0 Å². The van der Waals surface area contributed by atoms with Crippen LogP contribution in [0.3, 0.4) is 0 Å². The highest BCUT2D eigenvalue weighted by molar-refractivity contribution is 5.80. The Morgan fingerprint density at radius 1 is 1.47 bits per heavy atom. The second kappa shape index (κ2) is 3.69. The van der Waals surface area contributed by atoms with Crippen molar-refractivity contribution in [3.8, 4) is 0 Å². The Balaban J connectivity index is 2.23. The van der Waals surface area contributed by atoms with Crippen molar-refractivity contribution in [2.45, 2.75) is 57.7 Å². The largest absolute Gasteiger partial charge is 0.465 e. The number of carbonyl (C=O) groups excluding carboxylic acids is 1. The number of rotatable bonds is 2. The maximum Gasteiger partial charge on any atom is 0.315 e. The molecule has 98 valence electrons. The standard InChI is InChI=1S/C13H22O4/c1-11(2,15)8-9-4-5-13(12(9,3)16)6-7-17-10(13)14/h9,15-16H,4-8H2,1-3H3/t9-,12-,13-/m1/s1. The van der Waals surface area contributed by atoms with E-state index in [2.05, 4.69) is 0 Å². The van der Waals surface area contributed by atoms with Crippen molar-refractivity contribution in [1.29, 1.82) is 0 Å². The molecule has 0 radical (unpaired) electrons. The van der Waals surface area contributed by atoms with Crippen molar-refractivity contribution >= 4 is 5.97 Å². The van der Waals surface area contributed by atoms with E-state index in [1.807, 2.05) is 0 Å². The second-order valence-corrected chi connectivity index (χ2v) is 6.37. The van der Waals surface area contributed by atoms with Gasteiger partial charge in [0, 0.05) is 6.42 Å². The number of hydrogen-bond acceptors (Lipinski definition) is 4. The first-order valence-corrected chi connectivity index (χ1v) is 6.31. The van der Waals surface area contributed by atoms with Crippen LogP contribution in [0, 0.1) is 11.3 Å². The van der Waals surface area contributed by atoms with Gasteiger partial charge < -0.3 is 14.9 Å². The molecule has 3 atom stereocenters. The van der Waals surface area contributed by atoms with Crippen LogP contribution >= 0.6 is 0 Å². The van der Waals surface area contributed by atoms with Crippen molar-refractivity contribution < 1.29 is 19.7 Å². The monoisotopic (exact) mass is 242 g/mol. The summed E-state index contributed by atoms with van der Waals surface area (Å²) in [6.45, 7) is 5.61. The number of cyclic esters (lactones) is 1. The van der Waals surface area contributed by atoms with Gasteiger partial charge in [-0.15, -0.1) is 0 Å². The smallest absolute Gasteiger partial charge is 0.315 e. The first kappa shape index (κ1) is 12.8. The van der Waals surface area contributed by atoms with Crippen LogP contribution in [-0.4, -0.2) is 34.0 Å². The van der Waals surface area contributed by atoms with Gasteiger partial charge in [-0.2, -0.15) is 0 Å². The number of carbonyl (C=O) groups is 1. The molecule has 4 heteroatoms. The Kier molecular flexibility index (Phi) is 2.79. The minimum atomic E-state index is -1.07. The van der Waals surface area contributed by atoms with Gasteiger partial charge in [0.15, 0.2) is 0 Å². The van der Waals surface area contributed by atoms with Crippen LogP contribution < -0.4 is 0 Å². The van der Waals surface area contributed by atoms with Gasteiger partial charge in [-0.1, -0.05) is 0 Å².